The first-order chi connectivity index (χ1) is 12.5. The first-order valence-electron chi connectivity index (χ1n) is 8.78. The second kappa shape index (κ2) is 6.74. The molecular formula is C18H18F3N3O2. The molecule has 0 bridgehead atoms. The van der Waals surface area contributed by atoms with E-state index in [0.29, 0.717) is 31.3 Å². The lowest BCUT2D eigenvalue weighted by atomic mass is 9.94. The van der Waals surface area contributed by atoms with E-state index in [2.05, 4.69) is 10.1 Å². The third-order valence-electron chi connectivity index (χ3n) is 4.96. The van der Waals surface area contributed by atoms with Gasteiger partial charge in [-0.05, 0) is 43.7 Å². The Kier molecular flexibility index (Phi) is 4.42. The molecule has 1 atom stereocenters. The summed E-state index contributed by atoms with van der Waals surface area (Å²) in [6.45, 7) is 0.837. The standard InChI is InChI=1S/C18H18F3N3O2/c19-13-6-5-12(15(20)16(13)21)18(25)24-7-1-2-10(9-24)8-14-22-17(23-26-14)11-3-4-11/h5-6,10-11H,1-4,7-9H2. The van der Waals surface area contributed by atoms with Gasteiger partial charge in [0.25, 0.3) is 5.91 Å². The van der Waals surface area contributed by atoms with E-state index >= 15 is 0 Å². The second-order valence-electron chi connectivity index (χ2n) is 7.01. The molecule has 1 aromatic heterocycles. The number of piperidine rings is 1. The van der Waals surface area contributed by atoms with Crippen molar-refractivity contribution in [2.45, 2.75) is 38.0 Å². The van der Waals surface area contributed by atoms with Gasteiger partial charge in [-0.1, -0.05) is 5.16 Å². The van der Waals surface area contributed by atoms with Crippen LogP contribution < -0.4 is 0 Å². The third-order valence-corrected chi connectivity index (χ3v) is 4.96. The average molecular weight is 365 g/mol. The Morgan fingerprint density at radius 1 is 1.19 bits per heavy atom. The summed E-state index contributed by atoms with van der Waals surface area (Å²) in [4.78, 5) is 18.4. The van der Waals surface area contributed by atoms with Crippen molar-refractivity contribution >= 4 is 5.91 Å². The van der Waals surface area contributed by atoms with Crippen LogP contribution in [0.2, 0.25) is 0 Å². The van der Waals surface area contributed by atoms with Crippen molar-refractivity contribution in [2.75, 3.05) is 13.1 Å². The maximum absolute atomic E-state index is 13.9. The fourth-order valence-electron chi connectivity index (χ4n) is 3.38. The van der Waals surface area contributed by atoms with Crippen LogP contribution in [0, 0.1) is 23.4 Å². The molecule has 1 amide bonds. The number of hydrogen-bond donors (Lipinski definition) is 0. The number of nitrogens with zero attached hydrogens (tertiary/aromatic N) is 3. The zero-order chi connectivity index (χ0) is 18.3. The van der Waals surface area contributed by atoms with Crippen LogP contribution in [0.25, 0.3) is 0 Å². The molecular weight excluding hydrogens is 347 g/mol. The number of benzene rings is 1. The summed E-state index contributed by atoms with van der Waals surface area (Å²) < 4.78 is 45.7. The minimum absolute atomic E-state index is 0.105. The highest BCUT2D eigenvalue weighted by molar-refractivity contribution is 5.94. The maximum Gasteiger partial charge on any atom is 0.256 e. The highest BCUT2D eigenvalue weighted by Gasteiger charge is 2.31. The summed E-state index contributed by atoms with van der Waals surface area (Å²) in [5, 5.41) is 3.98. The molecule has 2 heterocycles. The molecule has 4 rings (SSSR count). The summed E-state index contributed by atoms with van der Waals surface area (Å²) in [5.41, 5.74) is -0.446. The van der Waals surface area contributed by atoms with E-state index < -0.39 is 28.9 Å². The number of rotatable bonds is 4. The number of hydrogen-bond acceptors (Lipinski definition) is 4. The smallest absolute Gasteiger partial charge is 0.256 e. The minimum Gasteiger partial charge on any atom is -0.339 e. The molecule has 5 nitrogen and oxygen atoms in total. The van der Waals surface area contributed by atoms with Gasteiger partial charge in [-0.25, -0.2) is 13.2 Å². The third kappa shape index (κ3) is 3.32. The highest BCUT2D eigenvalue weighted by atomic mass is 19.2. The number of likely N-dealkylation sites (tertiary alicyclic amines) is 1. The van der Waals surface area contributed by atoms with Gasteiger partial charge in [0.2, 0.25) is 5.89 Å². The molecule has 2 aliphatic rings. The molecule has 0 radical (unpaired) electrons. The highest BCUT2D eigenvalue weighted by Crippen LogP contribution is 2.38. The first kappa shape index (κ1) is 17.1. The summed E-state index contributed by atoms with van der Waals surface area (Å²) in [6.07, 6.45) is 4.34. The van der Waals surface area contributed by atoms with E-state index in [1.807, 2.05) is 0 Å². The predicted octanol–water partition coefficient (Wildman–Crippen LogP) is 3.46. The molecule has 1 saturated heterocycles. The number of halogens is 3. The van der Waals surface area contributed by atoms with Gasteiger partial charge in [-0.3, -0.25) is 4.79 Å². The van der Waals surface area contributed by atoms with E-state index in [1.54, 1.807) is 0 Å². The van der Waals surface area contributed by atoms with Crippen LogP contribution in [0.3, 0.4) is 0 Å². The van der Waals surface area contributed by atoms with Crippen molar-refractivity contribution in [3.63, 3.8) is 0 Å². The topological polar surface area (TPSA) is 59.2 Å². The Bertz CT molecular complexity index is 835. The van der Waals surface area contributed by atoms with Crippen molar-refractivity contribution in [2.24, 2.45) is 5.92 Å². The van der Waals surface area contributed by atoms with Crippen LogP contribution in [0.5, 0.6) is 0 Å². The number of carbonyl (C=O) groups is 1. The second-order valence-corrected chi connectivity index (χ2v) is 7.01. The van der Waals surface area contributed by atoms with Crippen molar-refractivity contribution in [3.8, 4) is 0 Å². The fraction of sp³-hybridized carbons (Fsp3) is 0.500. The van der Waals surface area contributed by atoms with Crippen LogP contribution in [0.15, 0.2) is 16.7 Å². The largest absolute Gasteiger partial charge is 0.339 e. The quantitative estimate of drug-likeness (QED) is 0.779. The number of aromatic nitrogens is 2. The molecule has 2 aromatic rings. The Balaban J connectivity index is 1.44. The molecule has 8 heteroatoms. The van der Waals surface area contributed by atoms with Gasteiger partial charge in [-0.15, -0.1) is 0 Å². The molecule has 26 heavy (non-hydrogen) atoms. The predicted molar refractivity (Wildman–Crippen MR) is 84.9 cm³/mol. The maximum atomic E-state index is 13.9. The molecule has 1 aromatic carbocycles. The number of amides is 1. The van der Waals surface area contributed by atoms with E-state index in [-0.39, 0.29) is 5.92 Å². The van der Waals surface area contributed by atoms with E-state index in [9.17, 15) is 18.0 Å². The zero-order valence-electron chi connectivity index (χ0n) is 14.1. The monoisotopic (exact) mass is 365 g/mol. The lowest BCUT2D eigenvalue weighted by Crippen LogP contribution is -2.41. The van der Waals surface area contributed by atoms with Crippen molar-refractivity contribution < 1.29 is 22.5 Å². The molecule has 0 spiro atoms. The Labute approximate surface area is 148 Å². The van der Waals surface area contributed by atoms with Gasteiger partial charge in [0.15, 0.2) is 23.3 Å². The fourth-order valence-corrected chi connectivity index (χ4v) is 3.38. The van der Waals surface area contributed by atoms with Crippen molar-refractivity contribution in [1.29, 1.82) is 0 Å². The van der Waals surface area contributed by atoms with E-state index in [1.165, 1.54) is 4.90 Å². The molecule has 2 fully saturated rings. The normalized spacial score (nSPS) is 20.4. The summed E-state index contributed by atoms with van der Waals surface area (Å²) in [7, 11) is 0. The van der Waals surface area contributed by atoms with Crippen molar-refractivity contribution in [1.82, 2.24) is 15.0 Å². The van der Waals surface area contributed by atoms with Gasteiger partial charge in [0, 0.05) is 25.4 Å². The van der Waals surface area contributed by atoms with Crippen molar-refractivity contribution in [3.05, 3.63) is 46.9 Å². The van der Waals surface area contributed by atoms with Crippen LogP contribution in [-0.2, 0) is 6.42 Å². The first-order valence-corrected chi connectivity index (χ1v) is 8.78. The Morgan fingerprint density at radius 2 is 2.00 bits per heavy atom. The average Bonchev–Trinajstić information content (AvgIpc) is 3.39. The lowest BCUT2D eigenvalue weighted by Gasteiger charge is -2.32. The van der Waals surface area contributed by atoms with Gasteiger partial charge < -0.3 is 9.42 Å². The van der Waals surface area contributed by atoms with Gasteiger partial charge in [-0.2, -0.15) is 4.98 Å². The Hall–Kier alpha value is -2.38. The Morgan fingerprint density at radius 3 is 2.77 bits per heavy atom. The van der Waals surface area contributed by atoms with Crippen LogP contribution in [0.1, 0.15) is 53.7 Å². The van der Waals surface area contributed by atoms with Crippen LogP contribution >= 0.6 is 0 Å². The zero-order valence-corrected chi connectivity index (χ0v) is 14.1. The lowest BCUT2D eigenvalue weighted by molar-refractivity contribution is 0.0662. The minimum atomic E-state index is -1.62. The van der Waals surface area contributed by atoms with Crippen LogP contribution in [-0.4, -0.2) is 34.0 Å². The molecule has 0 N–H and O–H groups in total. The molecule has 1 aliphatic carbocycles. The van der Waals surface area contributed by atoms with E-state index in [4.69, 9.17) is 4.52 Å². The van der Waals surface area contributed by atoms with Crippen LogP contribution in [0.4, 0.5) is 13.2 Å². The van der Waals surface area contributed by atoms with Gasteiger partial charge in [0.1, 0.15) is 0 Å². The van der Waals surface area contributed by atoms with Gasteiger partial charge in [0.05, 0.1) is 5.56 Å². The summed E-state index contributed by atoms with van der Waals surface area (Å²) in [5.74, 6) is -3.20. The van der Waals surface area contributed by atoms with E-state index in [0.717, 1.165) is 43.6 Å². The number of carbonyl (C=O) groups excluding carboxylic acids is 1. The molecule has 1 saturated carbocycles. The molecule has 1 aliphatic heterocycles. The summed E-state index contributed by atoms with van der Waals surface area (Å²) >= 11 is 0. The summed E-state index contributed by atoms with van der Waals surface area (Å²) in [6, 6.07) is 1.75. The van der Waals surface area contributed by atoms with Gasteiger partial charge >= 0.3 is 0 Å². The molecule has 138 valence electrons. The molecule has 1 unspecified atom stereocenters. The SMILES string of the molecule is O=C(c1ccc(F)c(F)c1F)N1CCCC(Cc2nc(C3CC3)no2)C1.